The molecule has 0 radical (unpaired) electrons. The predicted molar refractivity (Wildman–Crippen MR) is 64.6 cm³/mol. The lowest BCUT2D eigenvalue weighted by molar-refractivity contribution is 0.283. The topological polar surface area (TPSA) is 20.2 Å². The molecule has 0 saturated carbocycles. The Morgan fingerprint density at radius 3 is 2.79 bits per heavy atom. The highest BCUT2D eigenvalue weighted by molar-refractivity contribution is 7.80. The van der Waals surface area contributed by atoms with Crippen molar-refractivity contribution < 1.29 is 5.11 Å². The summed E-state index contributed by atoms with van der Waals surface area (Å²) in [5.41, 5.74) is 2.03. The number of halogens is 1. The van der Waals surface area contributed by atoms with Crippen molar-refractivity contribution in [2.45, 2.75) is 17.4 Å². The molecule has 1 nitrogen and oxygen atoms in total. The van der Waals surface area contributed by atoms with Crippen molar-refractivity contribution in [1.82, 2.24) is 0 Å². The van der Waals surface area contributed by atoms with E-state index in [2.05, 4.69) is 12.6 Å². The minimum atomic E-state index is 0.0487. The third-order valence-electron chi connectivity index (χ3n) is 2.13. The molecule has 1 N–H and O–H groups in total. The Kier molecular flexibility index (Phi) is 3.02. The first kappa shape index (κ1) is 10.3. The molecule has 2 aromatic rings. The average molecular weight is 245 g/mol. The van der Waals surface area contributed by atoms with Crippen LogP contribution in [-0.2, 0) is 12.5 Å². The van der Waals surface area contributed by atoms with E-state index in [1.165, 1.54) is 0 Å². The van der Waals surface area contributed by atoms with Gasteiger partial charge in [0.15, 0.2) is 0 Å². The SMILES string of the molecule is OCc1cc(S)cc2c(CCl)csc12. The van der Waals surface area contributed by atoms with Crippen molar-refractivity contribution in [2.24, 2.45) is 0 Å². The molecule has 1 aromatic carbocycles. The number of fused-ring (bicyclic) bond motifs is 1. The van der Waals surface area contributed by atoms with Gasteiger partial charge in [0.25, 0.3) is 0 Å². The van der Waals surface area contributed by atoms with Gasteiger partial charge >= 0.3 is 0 Å². The molecule has 1 aromatic heterocycles. The first-order valence-corrected chi connectivity index (χ1v) is 6.01. The fourth-order valence-electron chi connectivity index (χ4n) is 1.46. The van der Waals surface area contributed by atoms with E-state index in [0.29, 0.717) is 5.88 Å². The predicted octanol–water partition coefficient (Wildman–Crippen LogP) is 3.42. The number of aliphatic hydroxyl groups excluding tert-OH is 1. The average Bonchev–Trinajstić information content (AvgIpc) is 2.59. The van der Waals surface area contributed by atoms with E-state index in [9.17, 15) is 5.11 Å². The maximum atomic E-state index is 9.18. The van der Waals surface area contributed by atoms with E-state index in [4.69, 9.17) is 11.6 Å². The molecule has 0 spiro atoms. The van der Waals surface area contributed by atoms with Crippen molar-refractivity contribution in [1.29, 1.82) is 0 Å². The molecule has 0 amide bonds. The maximum Gasteiger partial charge on any atom is 0.0696 e. The quantitative estimate of drug-likeness (QED) is 0.613. The van der Waals surface area contributed by atoms with Crippen LogP contribution < -0.4 is 0 Å². The Morgan fingerprint density at radius 2 is 2.14 bits per heavy atom. The van der Waals surface area contributed by atoms with Crippen LogP contribution in [0.1, 0.15) is 11.1 Å². The Hall–Kier alpha value is -0.220. The van der Waals surface area contributed by atoms with E-state index < -0.39 is 0 Å². The fourth-order valence-corrected chi connectivity index (χ4v) is 3.12. The molecule has 0 aliphatic rings. The number of hydrogen-bond donors (Lipinski definition) is 2. The van der Waals surface area contributed by atoms with Crippen LogP contribution >= 0.6 is 35.6 Å². The lowest BCUT2D eigenvalue weighted by Crippen LogP contribution is -1.84. The van der Waals surface area contributed by atoms with Crippen LogP contribution in [0.3, 0.4) is 0 Å². The summed E-state index contributed by atoms with van der Waals surface area (Å²) < 4.78 is 1.11. The molecule has 1 heterocycles. The van der Waals surface area contributed by atoms with Gasteiger partial charge < -0.3 is 5.11 Å². The van der Waals surface area contributed by atoms with Gasteiger partial charge in [-0.1, -0.05) is 0 Å². The Labute approximate surface area is 96.7 Å². The van der Waals surface area contributed by atoms with Crippen molar-refractivity contribution >= 4 is 45.7 Å². The lowest BCUT2D eigenvalue weighted by Gasteiger charge is -2.01. The molecule has 0 saturated heterocycles. The summed E-state index contributed by atoms with van der Waals surface area (Å²) in [6.07, 6.45) is 0. The number of thiophene rings is 1. The largest absolute Gasteiger partial charge is 0.392 e. The maximum absolute atomic E-state index is 9.18. The highest BCUT2D eigenvalue weighted by Crippen LogP contribution is 2.32. The minimum Gasteiger partial charge on any atom is -0.392 e. The summed E-state index contributed by atoms with van der Waals surface area (Å²) in [7, 11) is 0. The van der Waals surface area contributed by atoms with Crippen LogP contribution in [-0.4, -0.2) is 5.11 Å². The monoisotopic (exact) mass is 244 g/mol. The van der Waals surface area contributed by atoms with Crippen molar-refractivity contribution in [2.75, 3.05) is 0 Å². The van der Waals surface area contributed by atoms with Gasteiger partial charge in [-0.25, -0.2) is 0 Å². The molecule has 0 bridgehead atoms. The second-order valence-electron chi connectivity index (χ2n) is 3.03. The third-order valence-corrected chi connectivity index (χ3v) is 3.80. The van der Waals surface area contributed by atoms with E-state index in [1.807, 2.05) is 17.5 Å². The summed E-state index contributed by atoms with van der Waals surface area (Å²) in [5, 5.41) is 12.3. The highest BCUT2D eigenvalue weighted by atomic mass is 35.5. The Morgan fingerprint density at radius 1 is 1.36 bits per heavy atom. The molecule has 0 aliphatic carbocycles. The smallest absolute Gasteiger partial charge is 0.0696 e. The molecule has 4 heteroatoms. The van der Waals surface area contributed by atoms with Crippen LogP contribution in [0.5, 0.6) is 0 Å². The van der Waals surface area contributed by atoms with E-state index in [1.54, 1.807) is 11.3 Å². The minimum absolute atomic E-state index is 0.0487. The van der Waals surface area contributed by atoms with Crippen LogP contribution in [0.15, 0.2) is 22.4 Å². The van der Waals surface area contributed by atoms with Crippen molar-refractivity contribution in [3.05, 3.63) is 28.6 Å². The number of aliphatic hydroxyl groups is 1. The second kappa shape index (κ2) is 4.11. The number of benzene rings is 1. The molecular formula is C10H9ClOS2. The van der Waals surface area contributed by atoms with Gasteiger partial charge in [0.05, 0.1) is 6.61 Å². The molecule has 14 heavy (non-hydrogen) atoms. The van der Waals surface area contributed by atoms with Gasteiger partial charge in [-0.15, -0.1) is 35.6 Å². The molecule has 0 unspecified atom stereocenters. The highest BCUT2D eigenvalue weighted by Gasteiger charge is 2.07. The van der Waals surface area contributed by atoms with Crippen LogP contribution in [0, 0.1) is 0 Å². The number of hydrogen-bond acceptors (Lipinski definition) is 3. The van der Waals surface area contributed by atoms with Gasteiger partial charge in [0, 0.05) is 15.5 Å². The van der Waals surface area contributed by atoms with E-state index >= 15 is 0 Å². The summed E-state index contributed by atoms with van der Waals surface area (Å²) in [6, 6.07) is 3.88. The lowest BCUT2D eigenvalue weighted by atomic mass is 10.1. The molecule has 0 atom stereocenters. The van der Waals surface area contributed by atoms with Crippen molar-refractivity contribution in [3.8, 4) is 0 Å². The first-order valence-electron chi connectivity index (χ1n) is 4.15. The second-order valence-corrected chi connectivity index (χ2v) is 4.70. The van der Waals surface area contributed by atoms with Gasteiger partial charge in [0.2, 0.25) is 0 Å². The van der Waals surface area contributed by atoms with Crippen LogP contribution in [0.2, 0.25) is 0 Å². The molecule has 0 aliphatic heterocycles. The first-order chi connectivity index (χ1) is 6.76. The van der Waals surface area contributed by atoms with Gasteiger partial charge in [-0.3, -0.25) is 0 Å². The number of thiol groups is 1. The van der Waals surface area contributed by atoms with Gasteiger partial charge in [-0.2, -0.15) is 0 Å². The van der Waals surface area contributed by atoms with Crippen molar-refractivity contribution in [3.63, 3.8) is 0 Å². The zero-order valence-corrected chi connectivity index (χ0v) is 9.79. The molecular weight excluding hydrogens is 236 g/mol. The van der Waals surface area contributed by atoms with Gasteiger partial charge in [0.1, 0.15) is 0 Å². The van der Waals surface area contributed by atoms with Crippen LogP contribution in [0.4, 0.5) is 0 Å². The van der Waals surface area contributed by atoms with Gasteiger partial charge in [-0.05, 0) is 34.0 Å². The van der Waals surface area contributed by atoms with E-state index in [-0.39, 0.29) is 6.61 Å². The Balaban J connectivity index is 2.76. The molecule has 0 fully saturated rings. The zero-order chi connectivity index (χ0) is 10.1. The standard InChI is InChI=1S/C10H9ClOS2/c11-3-7-5-14-10-6(4-12)1-8(13)2-9(7)10/h1-2,5,12-13H,3-4H2. The Bertz CT molecular complexity index is 464. The molecule has 74 valence electrons. The summed E-state index contributed by atoms with van der Waals surface area (Å²) in [5.74, 6) is 0.502. The summed E-state index contributed by atoms with van der Waals surface area (Å²) in [4.78, 5) is 0.867. The number of alkyl halides is 1. The zero-order valence-electron chi connectivity index (χ0n) is 7.33. The van der Waals surface area contributed by atoms with Crippen LogP contribution in [0.25, 0.3) is 10.1 Å². The summed E-state index contributed by atoms with van der Waals surface area (Å²) >= 11 is 11.7. The number of rotatable bonds is 2. The summed E-state index contributed by atoms with van der Waals surface area (Å²) in [6.45, 7) is 0.0487. The fraction of sp³-hybridized carbons (Fsp3) is 0.200. The third kappa shape index (κ3) is 1.65. The normalized spacial score (nSPS) is 11.1. The van der Waals surface area contributed by atoms with E-state index in [0.717, 1.165) is 26.1 Å². The molecule has 2 rings (SSSR count).